The minimum atomic E-state index is 0.209. The van der Waals surface area contributed by atoms with E-state index in [0.717, 1.165) is 55.7 Å². The van der Waals surface area contributed by atoms with Gasteiger partial charge in [-0.3, -0.25) is 4.79 Å². The molecule has 4 heteroatoms. The first-order valence-electron chi connectivity index (χ1n) is 8.20. The lowest BCUT2D eigenvalue weighted by molar-refractivity contribution is -0.132. The number of aryl methyl sites for hydroxylation is 1. The molecule has 1 aliphatic rings. The molecule has 0 spiro atoms. The molecule has 0 atom stereocenters. The summed E-state index contributed by atoms with van der Waals surface area (Å²) >= 11 is 0. The summed E-state index contributed by atoms with van der Waals surface area (Å²) in [6.07, 6.45) is 3.17. The number of hydrogen-bond donors (Lipinski definition) is 0. The molecule has 0 N–H and O–H groups in total. The van der Waals surface area contributed by atoms with Crippen LogP contribution in [0.1, 0.15) is 25.0 Å². The van der Waals surface area contributed by atoms with Crippen LogP contribution in [0.4, 0.5) is 0 Å². The molecule has 0 radical (unpaired) electrons. The Morgan fingerprint density at radius 3 is 2.64 bits per heavy atom. The van der Waals surface area contributed by atoms with E-state index in [0.29, 0.717) is 6.42 Å². The van der Waals surface area contributed by atoms with Crippen molar-refractivity contribution in [1.29, 1.82) is 0 Å². The molecule has 0 aliphatic carbocycles. The van der Waals surface area contributed by atoms with Crippen LogP contribution in [0.3, 0.4) is 0 Å². The van der Waals surface area contributed by atoms with Gasteiger partial charge in [0.25, 0.3) is 0 Å². The number of hydrogen-bond acceptors (Lipinski definition) is 3. The van der Waals surface area contributed by atoms with Crippen LogP contribution in [0, 0.1) is 0 Å². The van der Waals surface area contributed by atoms with E-state index in [9.17, 15) is 4.79 Å². The van der Waals surface area contributed by atoms with E-state index in [1.807, 2.05) is 11.0 Å². The van der Waals surface area contributed by atoms with Crippen molar-refractivity contribution in [2.75, 3.05) is 32.7 Å². The van der Waals surface area contributed by atoms with E-state index in [4.69, 9.17) is 4.42 Å². The van der Waals surface area contributed by atoms with Gasteiger partial charge < -0.3 is 14.2 Å². The number of carbonyl (C=O) groups excluding carboxylic acids is 1. The Bertz CT molecular complexity index is 654. The number of amides is 1. The summed E-state index contributed by atoms with van der Waals surface area (Å²) in [5.74, 6) is 0.209. The van der Waals surface area contributed by atoms with E-state index in [2.05, 4.69) is 30.9 Å². The van der Waals surface area contributed by atoms with Crippen molar-refractivity contribution in [3.8, 4) is 0 Å². The summed E-state index contributed by atoms with van der Waals surface area (Å²) in [6.45, 7) is 9.00. The predicted molar refractivity (Wildman–Crippen MR) is 88.0 cm³/mol. The van der Waals surface area contributed by atoms with Gasteiger partial charge in [0.05, 0.1) is 12.7 Å². The van der Waals surface area contributed by atoms with Crippen molar-refractivity contribution in [1.82, 2.24) is 9.80 Å². The number of rotatable bonds is 4. The molecule has 1 aromatic carbocycles. The second-order valence-corrected chi connectivity index (χ2v) is 5.94. The smallest absolute Gasteiger partial charge is 0.227 e. The molecule has 3 rings (SSSR count). The second kappa shape index (κ2) is 6.53. The zero-order chi connectivity index (χ0) is 15.5. The second-order valence-electron chi connectivity index (χ2n) is 5.94. The Morgan fingerprint density at radius 1 is 1.18 bits per heavy atom. The van der Waals surface area contributed by atoms with Crippen LogP contribution in [0.25, 0.3) is 11.0 Å². The molecule has 1 amide bonds. The topological polar surface area (TPSA) is 36.7 Å². The molecular formula is C18H24N2O2. The lowest BCUT2D eigenvalue weighted by Gasteiger charge is -2.34. The first-order valence-corrected chi connectivity index (χ1v) is 8.20. The maximum absolute atomic E-state index is 12.5. The van der Waals surface area contributed by atoms with E-state index in [1.54, 1.807) is 6.26 Å². The number of fused-ring (bicyclic) bond motifs is 1. The van der Waals surface area contributed by atoms with Crippen LogP contribution in [-0.2, 0) is 17.6 Å². The van der Waals surface area contributed by atoms with Gasteiger partial charge in [0.15, 0.2) is 0 Å². The summed E-state index contributed by atoms with van der Waals surface area (Å²) in [6, 6.07) is 6.24. The quantitative estimate of drug-likeness (QED) is 0.871. The molecule has 1 aromatic heterocycles. The highest BCUT2D eigenvalue weighted by Gasteiger charge is 2.21. The van der Waals surface area contributed by atoms with Crippen LogP contribution in [0.2, 0.25) is 0 Å². The molecule has 0 unspecified atom stereocenters. The fourth-order valence-corrected chi connectivity index (χ4v) is 3.07. The lowest BCUT2D eigenvalue weighted by atomic mass is 10.1. The Hall–Kier alpha value is -1.81. The number of benzene rings is 1. The molecule has 4 nitrogen and oxygen atoms in total. The Balaban J connectivity index is 1.71. The molecule has 118 valence electrons. The zero-order valence-electron chi connectivity index (χ0n) is 13.5. The van der Waals surface area contributed by atoms with Crippen LogP contribution < -0.4 is 0 Å². The summed E-state index contributed by atoms with van der Waals surface area (Å²) in [5, 5.41) is 1.08. The van der Waals surface area contributed by atoms with E-state index >= 15 is 0 Å². The number of furan rings is 1. The average molecular weight is 300 g/mol. The third kappa shape index (κ3) is 3.02. The summed E-state index contributed by atoms with van der Waals surface area (Å²) in [7, 11) is 0. The highest BCUT2D eigenvalue weighted by Crippen LogP contribution is 2.24. The third-order valence-corrected chi connectivity index (χ3v) is 4.64. The standard InChI is InChI=1S/C18H24N2O2/c1-3-14-5-6-17-16(11-14)15(13-22-17)12-18(21)20-9-7-19(4-2)8-10-20/h5-6,11,13H,3-4,7-10,12H2,1-2H3. The van der Waals surface area contributed by atoms with Crippen molar-refractivity contribution >= 4 is 16.9 Å². The number of likely N-dealkylation sites (N-methyl/N-ethyl adjacent to an activating group) is 1. The van der Waals surface area contributed by atoms with Gasteiger partial charge in [0, 0.05) is 37.1 Å². The van der Waals surface area contributed by atoms with Gasteiger partial charge in [-0.05, 0) is 30.7 Å². The number of piperazine rings is 1. The first-order chi connectivity index (χ1) is 10.7. The molecule has 2 aromatic rings. The fourth-order valence-electron chi connectivity index (χ4n) is 3.07. The van der Waals surface area contributed by atoms with Gasteiger partial charge in [-0.25, -0.2) is 0 Å². The predicted octanol–water partition coefficient (Wildman–Crippen LogP) is 2.70. The normalized spacial score (nSPS) is 16.4. The molecule has 0 bridgehead atoms. The van der Waals surface area contributed by atoms with Gasteiger partial charge >= 0.3 is 0 Å². The van der Waals surface area contributed by atoms with Crippen molar-refractivity contribution in [3.05, 3.63) is 35.6 Å². The van der Waals surface area contributed by atoms with E-state index in [1.165, 1.54) is 5.56 Å². The van der Waals surface area contributed by atoms with Crippen molar-refractivity contribution in [2.45, 2.75) is 26.7 Å². The van der Waals surface area contributed by atoms with Crippen LogP contribution in [-0.4, -0.2) is 48.4 Å². The largest absolute Gasteiger partial charge is 0.464 e. The molecule has 1 fully saturated rings. The molecular weight excluding hydrogens is 276 g/mol. The third-order valence-electron chi connectivity index (χ3n) is 4.64. The first kappa shape index (κ1) is 15.1. The van der Waals surface area contributed by atoms with E-state index in [-0.39, 0.29) is 5.91 Å². The average Bonchev–Trinajstić information content (AvgIpc) is 2.97. The molecule has 1 aliphatic heterocycles. The Morgan fingerprint density at radius 2 is 1.95 bits per heavy atom. The lowest BCUT2D eigenvalue weighted by Crippen LogP contribution is -2.48. The molecule has 2 heterocycles. The maximum atomic E-state index is 12.5. The van der Waals surface area contributed by atoms with Gasteiger partial charge in [-0.15, -0.1) is 0 Å². The van der Waals surface area contributed by atoms with Gasteiger partial charge in [0.1, 0.15) is 5.58 Å². The van der Waals surface area contributed by atoms with Crippen molar-refractivity contribution in [2.24, 2.45) is 0 Å². The monoisotopic (exact) mass is 300 g/mol. The van der Waals surface area contributed by atoms with Gasteiger partial charge in [-0.1, -0.05) is 19.9 Å². The summed E-state index contributed by atoms with van der Waals surface area (Å²) < 4.78 is 5.59. The minimum Gasteiger partial charge on any atom is -0.464 e. The zero-order valence-corrected chi connectivity index (χ0v) is 13.5. The minimum absolute atomic E-state index is 0.209. The van der Waals surface area contributed by atoms with Crippen LogP contribution in [0.5, 0.6) is 0 Å². The highest BCUT2D eigenvalue weighted by molar-refractivity contribution is 5.88. The molecule has 1 saturated heterocycles. The summed E-state index contributed by atoms with van der Waals surface area (Å²) in [4.78, 5) is 16.9. The Labute approximate surface area is 131 Å². The Kier molecular flexibility index (Phi) is 4.48. The number of nitrogens with zero attached hydrogens (tertiary/aromatic N) is 2. The highest BCUT2D eigenvalue weighted by atomic mass is 16.3. The van der Waals surface area contributed by atoms with Crippen LogP contribution in [0.15, 0.2) is 28.9 Å². The molecule has 22 heavy (non-hydrogen) atoms. The number of carbonyl (C=O) groups is 1. The van der Waals surface area contributed by atoms with Crippen LogP contribution >= 0.6 is 0 Å². The van der Waals surface area contributed by atoms with E-state index < -0.39 is 0 Å². The van der Waals surface area contributed by atoms with Crippen molar-refractivity contribution < 1.29 is 9.21 Å². The SMILES string of the molecule is CCc1ccc2occ(CC(=O)N3CCN(CC)CC3)c2c1. The fraction of sp³-hybridized carbons (Fsp3) is 0.500. The van der Waals surface area contributed by atoms with Gasteiger partial charge in [-0.2, -0.15) is 0 Å². The van der Waals surface area contributed by atoms with Gasteiger partial charge in [0.2, 0.25) is 5.91 Å². The summed E-state index contributed by atoms with van der Waals surface area (Å²) in [5.41, 5.74) is 3.16. The molecule has 0 saturated carbocycles. The van der Waals surface area contributed by atoms with Crippen molar-refractivity contribution in [3.63, 3.8) is 0 Å². The maximum Gasteiger partial charge on any atom is 0.227 e.